The largest absolute Gasteiger partial charge is 0.477 e. The first-order chi connectivity index (χ1) is 7.08. The van der Waals surface area contributed by atoms with E-state index in [2.05, 4.69) is 4.98 Å². The topological polar surface area (TPSA) is 59.4 Å². The van der Waals surface area contributed by atoms with E-state index in [4.69, 9.17) is 9.84 Å². The van der Waals surface area contributed by atoms with Crippen LogP contribution in [0.4, 0.5) is 0 Å². The highest BCUT2D eigenvalue weighted by Gasteiger charge is 2.36. The molecule has 1 unspecified atom stereocenters. The third-order valence-electron chi connectivity index (χ3n) is 3.04. The minimum atomic E-state index is -0.990. The first-order valence-corrected chi connectivity index (χ1v) is 4.94. The molecule has 80 valence electrons. The average Bonchev–Trinajstić information content (AvgIpc) is 2.57. The van der Waals surface area contributed by atoms with Crippen LogP contribution in [0.2, 0.25) is 0 Å². The third-order valence-corrected chi connectivity index (χ3v) is 3.04. The van der Waals surface area contributed by atoms with E-state index in [0.29, 0.717) is 12.2 Å². The molecular formula is C11H13NO3. The molecule has 2 heterocycles. The lowest BCUT2D eigenvalue weighted by Crippen LogP contribution is -2.19. The molecule has 0 aliphatic carbocycles. The van der Waals surface area contributed by atoms with Gasteiger partial charge in [-0.3, -0.25) is 0 Å². The van der Waals surface area contributed by atoms with E-state index in [9.17, 15) is 4.79 Å². The van der Waals surface area contributed by atoms with E-state index in [0.717, 1.165) is 12.0 Å². The molecule has 0 saturated carbocycles. The van der Waals surface area contributed by atoms with Gasteiger partial charge in [-0.15, -0.1) is 0 Å². The molecule has 0 amide bonds. The van der Waals surface area contributed by atoms with Crippen molar-refractivity contribution in [1.29, 1.82) is 0 Å². The first kappa shape index (κ1) is 10.1. The summed E-state index contributed by atoms with van der Waals surface area (Å²) in [6.07, 6.45) is 2.36. The van der Waals surface area contributed by atoms with Crippen molar-refractivity contribution in [3.8, 4) is 0 Å². The Morgan fingerprint density at radius 2 is 2.47 bits per heavy atom. The second-order valence-corrected chi connectivity index (χ2v) is 3.86. The van der Waals surface area contributed by atoms with E-state index in [1.165, 1.54) is 6.20 Å². The fourth-order valence-electron chi connectivity index (χ4n) is 1.92. The van der Waals surface area contributed by atoms with Gasteiger partial charge in [-0.25, -0.2) is 9.78 Å². The maximum Gasteiger partial charge on any atom is 0.354 e. The molecular weight excluding hydrogens is 194 g/mol. The number of carboxylic acids is 1. The number of ether oxygens (including phenoxy) is 1. The van der Waals surface area contributed by atoms with Crippen molar-refractivity contribution < 1.29 is 14.6 Å². The molecule has 0 radical (unpaired) electrons. The number of fused-ring (bicyclic) bond motifs is 1. The number of aromatic nitrogens is 1. The maximum atomic E-state index is 10.9. The third kappa shape index (κ3) is 1.41. The molecule has 1 aromatic rings. The SMILES string of the molecule is CCC1(C)OCc2c1ccnc2C(=O)O. The maximum absolute atomic E-state index is 10.9. The molecule has 0 fully saturated rings. The summed E-state index contributed by atoms with van der Waals surface area (Å²) in [6.45, 7) is 4.34. The van der Waals surface area contributed by atoms with Gasteiger partial charge in [-0.2, -0.15) is 0 Å². The van der Waals surface area contributed by atoms with Crippen molar-refractivity contribution in [3.05, 3.63) is 29.1 Å². The highest BCUT2D eigenvalue weighted by atomic mass is 16.5. The zero-order chi connectivity index (χ0) is 11.1. The van der Waals surface area contributed by atoms with Gasteiger partial charge in [0.25, 0.3) is 0 Å². The molecule has 1 N–H and O–H groups in total. The van der Waals surface area contributed by atoms with Crippen LogP contribution in [-0.2, 0) is 16.9 Å². The van der Waals surface area contributed by atoms with Crippen molar-refractivity contribution in [3.63, 3.8) is 0 Å². The Morgan fingerprint density at radius 1 is 1.73 bits per heavy atom. The van der Waals surface area contributed by atoms with Crippen LogP contribution >= 0.6 is 0 Å². The lowest BCUT2D eigenvalue weighted by atomic mass is 9.92. The van der Waals surface area contributed by atoms with E-state index in [-0.39, 0.29) is 11.3 Å². The van der Waals surface area contributed by atoms with Crippen LogP contribution in [0.5, 0.6) is 0 Å². The van der Waals surface area contributed by atoms with Gasteiger partial charge in [-0.05, 0) is 25.0 Å². The number of carbonyl (C=O) groups is 1. The second-order valence-electron chi connectivity index (χ2n) is 3.86. The summed E-state index contributed by atoms with van der Waals surface area (Å²) in [6, 6.07) is 1.85. The van der Waals surface area contributed by atoms with Gasteiger partial charge in [0.15, 0.2) is 5.69 Å². The number of nitrogens with zero attached hydrogens (tertiary/aromatic N) is 1. The zero-order valence-corrected chi connectivity index (χ0v) is 8.78. The van der Waals surface area contributed by atoms with Crippen molar-refractivity contribution in [2.24, 2.45) is 0 Å². The predicted molar refractivity (Wildman–Crippen MR) is 53.6 cm³/mol. The van der Waals surface area contributed by atoms with E-state index in [1.807, 2.05) is 19.9 Å². The van der Waals surface area contributed by atoms with Gasteiger partial charge in [0.05, 0.1) is 12.2 Å². The molecule has 1 atom stereocenters. The molecule has 0 saturated heterocycles. The number of aromatic carboxylic acids is 1. The van der Waals surface area contributed by atoms with Crippen LogP contribution < -0.4 is 0 Å². The fraction of sp³-hybridized carbons (Fsp3) is 0.455. The van der Waals surface area contributed by atoms with Crippen molar-refractivity contribution in [2.45, 2.75) is 32.5 Å². The van der Waals surface area contributed by atoms with Gasteiger partial charge in [-0.1, -0.05) is 6.92 Å². The molecule has 0 spiro atoms. The minimum Gasteiger partial charge on any atom is -0.477 e. The second kappa shape index (κ2) is 3.31. The lowest BCUT2D eigenvalue weighted by Gasteiger charge is -2.22. The molecule has 15 heavy (non-hydrogen) atoms. The quantitative estimate of drug-likeness (QED) is 0.805. The standard InChI is InChI=1S/C11H13NO3/c1-3-11(2)8-4-5-12-9(10(13)14)7(8)6-15-11/h4-5H,3,6H2,1-2H3,(H,13,14). The van der Waals surface area contributed by atoms with Gasteiger partial charge < -0.3 is 9.84 Å². The van der Waals surface area contributed by atoms with Gasteiger partial charge in [0, 0.05) is 11.8 Å². The molecule has 0 bridgehead atoms. The first-order valence-electron chi connectivity index (χ1n) is 4.94. The number of hydrogen-bond acceptors (Lipinski definition) is 3. The molecule has 2 rings (SSSR count). The van der Waals surface area contributed by atoms with Crippen LogP contribution in [0.25, 0.3) is 0 Å². The summed E-state index contributed by atoms with van der Waals surface area (Å²) in [7, 11) is 0. The van der Waals surface area contributed by atoms with Crippen LogP contribution in [0.15, 0.2) is 12.3 Å². The predicted octanol–water partition coefficient (Wildman–Crippen LogP) is 1.94. The van der Waals surface area contributed by atoms with E-state index >= 15 is 0 Å². The van der Waals surface area contributed by atoms with Crippen molar-refractivity contribution in [2.75, 3.05) is 0 Å². The van der Waals surface area contributed by atoms with Crippen molar-refractivity contribution in [1.82, 2.24) is 4.98 Å². The van der Waals surface area contributed by atoms with E-state index < -0.39 is 5.97 Å². The van der Waals surface area contributed by atoms with Crippen LogP contribution in [-0.4, -0.2) is 16.1 Å². The number of carboxylic acid groups (broad SMARTS) is 1. The van der Waals surface area contributed by atoms with Crippen molar-refractivity contribution >= 4 is 5.97 Å². The average molecular weight is 207 g/mol. The monoisotopic (exact) mass is 207 g/mol. The highest BCUT2D eigenvalue weighted by Crippen LogP contribution is 2.39. The van der Waals surface area contributed by atoms with Gasteiger partial charge >= 0.3 is 5.97 Å². The Bertz CT molecular complexity index is 416. The summed E-state index contributed by atoms with van der Waals surface area (Å²) in [5.41, 5.74) is 1.43. The minimum absolute atomic E-state index is 0.115. The van der Waals surface area contributed by atoms with Crippen LogP contribution in [0.1, 0.15) is 41.9 Å². The summed E-state index contributed by atoms with van der Waals surface area (Å²) in [5, 5.41) is 8.97. The smallest absolute Gasteiger partial charge is 0.354 e. The number of rotatable bonds is 2. The number of pyridine rings is 1. The Morgan fingerprint density at radius 3 is 3.07 bits per heavy atom. The Kier molecular flexibility index (Phi) is 2.23. The molecule has 4 nitrogen and oxygen atoms in total. The normalized spacial score (nSPS) is 23.9. The number of hydrogen-bond donors (Lipinski definition) is 1. The molecule has 0 aromatic carbocycles. The summed E-state index contributed by atoms with van der Waals surface area (Å²) in [4.78, 5) is 14.8. The summed E-state index contributed by atoms with van der Waals surface area (Å²) in [5.74, 6) is -0.990. The Labute approximate surface area is 87.9 Å². The molecule has 1 aliphatic rings. The van der Waals surface area contributed by atoms with Crippen LogP contribution in [0.3, 0.4) is 0 Å². The summed E-state index contributed by atoms with van der Waals surface area (Å²) >= 11 is 0. The summed E-state index contributed by atoms with van der Waals surface area (Å²) < 4.78 is 5.65. The fourth-order valence-corrected chi connectivity index (χ4v) is 1.92. The highest BCUT2D eigenvalue weighted by molar-refractivity contribution is 5.87. The Balaban J connectivity index is 2.57. The lowest BCUT2D eigenvalue weighted by molar-refractivity contribution is -0.0261. The van der Waals surface area contributed by atoms with Crippen LogP contribution in [0, 0.1) is 0 Å². The molecule has 1 aromatic heterocycles. The molecule has 1 aliphatic heterocycles. The van der Waals surface area contributed by atoms with Gasteiger partial charge in [0.2, 0.25) is 0 Å². The molecule has 4 heteroatoms. The van der Waals surface area contributed by atoms with E-state index in [1.54, 1.807) is 0 Å². The van der Waals surface area contributed by atoms with Gasteiger partial charge in [0.1, 0.15) is 0 Å². The zero-order valence-electron chi connectivity index (χ0n) is 8.78. The Hall–Kier alpha value is -1.42.